The van der Waals surface area contributed by atoms with E-state index in [4.69, 9.17) is 0 Å². The molecular formula is C20H22BrN3O2. The first-order chi connectivity index (χ1) is 12.4. The number of hydrogen-bond donors (Lipinski definition) is 1. The summed E-state index contributed by atoms with van der Waals surface area (Å²) < 4.78 is 0.978. The number of nitrogens with one attached hydrogen (secondary N) is 1. The van der Waals surface area contributed by atoms with Gasteiger partial charge in [-0.25, -0.2) is 0 Å². The maximum atomic E-state index is 12.6. The Morgan fingerprint density at radius 1 is 1.31 bits per heavy atom. The Morgan fingerprint density at radius 2 is 2.08 bits per heavy atom. The van der Waals surface area contributed by atoms with Gasteiger partial charge in [0, 0.05) is 22.6 Å². The summed E-state index contributed by atoms with van der Waals surface area (Å²) in [5.41, 5.74) is 2.93. The summed E-state index contributed by atoms with van der Waals surface area (Å²) in [6.45, 7) is 6.46. The highest BCUT2D eigenvalue weighted by molar-refractivity contribution is 9.10. The van der Waals surface area contributed by atoms with Crippen molar-refractivity contribution in [3.05, 3.63) is 52.1 Å². The zero-order valence-electron chi connectivity index (χ0n) is 15.1. The van der Waals surface area contributed by atoms with Crippen LogP contribution in [-0.2, 0) is 4.79 Å². The van der Waals surface area contributed by atoms with Crippen LogP contribution in [0.15, 0.2) is 40.9 Å². The van der Waals surface area contributed by atoms with E-state index in [1.54, 1.807) is 11.0 Å². The molecule has 5 nitrogen and oxygen atoms in total. The van der Waals surface area contributed by atoms with Crippen molar-refractivity contribution in [1.82, 2.24) is 15.2 Å². The first kappa shape index (κ1) is 18.6. The molecule has 1 atom stereocenters. The zero-order chi connectivity index (χ0) is 18.8. The Labute approximate surface area is 161 Å². The highest BCUT2D eigenvalue weighted by Gasteiger charge is 2.34. The van der Waals surface area contributed by atoms with Gasteiger partial charge in [-0.3, -0.25) is 14.6 Å². The summed E-state index contributed by atoms with van der Waals surface area (Å²) in [6.07, 6.45) is 0.644. The minimum Gasteiger partial charge on any atom is -0.340 e. The lowest BCUT2D eigenvalue weighted by molar-refractivity contribution is -0.130. The van der Waals surface area contributed by atoms with Crippen LogP contribution in [0.25, 0.3) is 11.3 Å². The summed E-state index contributed by atoms with van der Waals surface area (Å²) in [4.78, 5) is 31.3. The minimum absolute atomic E-state index is 0.00952. The van der Waals surface area contributed by atoms with Crippen molar-refractivity contribution in [3.8, 4) is 11.3 Å². The lowest BCUT2D eigenvalue weighted by Gasteiger charge is -2.21. The minimum atomic E-state index is -0.450. The lowest BCUT2D eigenvalue weighted by atomic mass is 10.1. The predicted molar refractivity (Wildman–Crippen MR) is 105 cm³/mol. The van der Waals surface area contributed by atoms with Crippen LogP contribution in [-0.4, -0.2) is 40.3 Å². The van der Waals surface area contributed by atoms with Gasteiger partial charge in [-0.2, -0.15) is 0 Å². The van der Waals surface area contributed by atoms with Gasteiger partial charge in [0.2, 0.25) is 5.91 Å². The van der Waals surface area contributed by atoms with Crippen LogP contribution in [0.5, 0.6) is 0 Å². The van der Waals surface area contributed by atoms with Gasteiger partial charge >= 0.3 is 0 Å². The van der Waals surface area contributed by atoms with Crippen LogP contribution in [0, 0.1) is 6.92 Å². The van der Waals surface area contributed by atoms with E-state index in [9.17, 15) is 9.59 Å². The molecule has 26 heavy (non-hydrogen) atoms. The number of aromatic nitrogens is 1. The Bertz CT molecular complexity index is 851. The van der Waals surface area contributed by atoms with E-state index in [-0.39, 0.29) is 17.9 Å². The molecule has 1 aliphatic rings. The zero-order valence-corrected chi connectivity index (χ0v) is 16.7. The number of nitrogens with zero attached hydrogens (tertiary/aromatic N) is 2. The van der Waals surface area contributed by atoms with Gasteiger partial charge in [-0.15, -0.1) is 0 Å². The van der Waals surface area contributed by atoms with E-state index >= 15 is 0 Å². The van der Waals surface area contributed by atoms with Gasteiger partial charge in [-0.1, -0.05) is 28.1 Å². The van der Waals surface area contributed by atoms with E-state index in [0.717, 1.165) is 15.7 Å². The van der Waals surface area contributed by atoms with Crippen LogP contribution < -0.4 is 5.32 Å². The molecule has 1 N–H and O–H groups in total. The summed E-state index contributed by atoms with van der Waals surface area (Å²) in [6, 6.07) is 11.2. The molecule has 0 aliphatic carbocycles. The standard InChI is InChI=1S/C20H22BrN3O2/c1-12(2)24-10-9-18(20(24)26)23-19(25)16-7-8-17(22-13(16)3)14-5-4-6-15(21)11-14/h4-8,11-12,18H,9-10H2,1-3H3,(H,23,25). The molecular weight excluding hydrogens is 394 g/mol. The van der Waals surface area contributed by atoms with Gasteiger partial charge in [-0.05, 0) is 51.5 Å². The lowest BCUT2D eigenvalue weighted by Crippen LogP contribution is -2.43. The average Bonchev–Trinajstić information content (AvgIpc) is 2.95. The Kier molecular flexibility index (Phi) is 5.41. The van der Waals surface area contributed by atoms with Crippen molar-refractivity contribution in [1.29, 1.82) is 0 Å². The van der Waals surface area contributed by atoms with Gasteiger partial charge in [0.25, 0.3) is 5.91 Å². The molecule has 0 radical (unpaired) electrons. The SMILES string of the molecule is Cc1nc(-c2cccc(Br)c2)ccc1C(=O)NC1CCN(C(C)C)C1=O. The summed E-state index contributed by atoms with van der Waals surface area (Å²) in [5, 5.41) is 2.86. The number of likely N-dealkylation sites (tertiary alicyclic amines) is 1. The number of aryl methyl sites for hydroxylation is 1. The molecule has 1 saturated heterocycles. The van der Waals surface area contributed by atoms with Crippen molar-refractivity contribution >= 4 is 27.7 Å². The number of carbonyl (C=O) groups excluding carboxylic acids is 2. The second kappa shape index (κ2) is 7.58. The highest BCUT2D eigenvalue weighted by Crippen LogP contribution is 2.23. The average molecular weight is 416 g/mol. The van der Waals surface area contributed by atoms with Crippen LogP contribution in [0.3, 0.4) is 0 Å². The van der Waals surface area contributed by atoms with Gasteiger partial charge < -0.3 is 10.2 Å². The van der Waals surface area contributed by atoms with Crippen molar-refractivity contribution < 1.29 is 9.59 Å². The number of hydrogen-bond acceptors (Lipinski definition) is 3. The van der Waals surface area contributed by atoms with Crippen molar-refractivity contribution in [2.45, 2.75) is 39.3 Å². The quantitative estimate of drug-likeness (QED) is 0.829. The molecule has 1 aliphatic heterocycles. The molecule has 6 heteroatoms. The number of carbonyl (C=O) groups is 2. The van der Waals surface area contributed by atoms with E-state index < -0.39 is 6.04 Å². The maximum absolute atomic E-state index is 12.6. The van der Waals surface area contributed by atoms with Crippen molar-refractivity contribution in [2.75, 3.05) is 6.54 Å². The van der Waals surface area contributed by atoms with E-state index in [1.807, 2.05) is 51.1 Å². The fraction of sp³-hybridized carbons (Fsp3) is 0.350. The molecule has 136 valence electrons. The van der Waals surface area contributed by atoms with Gasteiger partial charge in [0.1, 0.15) is 6.04 Å². The van der Waals surface area contributed by atoms with Crippen LogP contribution in [0.1, 0.15) is 36.3 Å². The highest BCUT2D eigenvalue weighted by atomic mass is 79.9. The molecule has 1 aromatic heterocycles. The van der Waals surface area contributed by atoms with E-state index in [1.165, 1.54) is 0 Å². The van der Waals surface area contributed by atoms with Crippen LogP contribution >= 0.6 is 15.9 Å². The molecule has 2 amide bonds. The molecule has 0 saturated carbocycles. The molecule has 0 bridgehead atoms. The third-order valence-electron chi connectivity index (χ3n) is 4.62. The number of rotatable bonds is 4. The van der Waals surface area contributed by atoms with Crippen molar-refractivity contribution in [3.63, 3.8) is 0 Å². The molecule has 1 unspecified atom stereocenters. The maximum Gasteiger partial charge on any atom is 0.253 e. The Morgan fingerprint density at radius 3 is 2.69 bits per heavy atom. The number of pyridine rings is 1. The third-order valence-corrected chi connectivity index (χ3v) is 5.11. The molecule has 1 aromatic carbocycles. The van der Waals surface area contributed by atoms with Crippen molar-refractivity contribution in [2.24, 2.45) is 0 Å². The topological polar surface area (TPSA) is 62.3 Å². The van der Waals surface area contributed by atoms with Gasteiger partial charge in [0.15, 0.2) is 0 Å². The van der Waals surface area contributed by atoms with E-state index in [0.29, 0.717) is 24.2 Å². The van der Waals surface area contributed by atoms with E-state index in [2.05, 4.69) is 26.2 Å². The second-order valence-electron chi connectivity index (χ2n) is 6.78. The molecule has 2 aromatic rings. The third kappa shape index (κ3) is 3.80. The monoisotopic (exact) mass is 415 g/mol. The number of benzene rings is 1. The van der Waals surface area contributed by atoms with Gasteiger partial charge in [0.05, 0.1) is 17.0 Å². The van der Waals surface area contributed by atoms with Crippen LogP contribution in [0.4, 0.5) is 0 Å². The smallest absolute Gasteiger partial charge is 0.253 e. The first-order valence-electron chi connectivity index (χ1n) is 8.71. The molecule has 2 heterocycles. The molecule has 1 fully saturated rings. The fourth-order valence-electron chi connectivity index (χ4n) is 3.19. The normalized spacial score (nSPS) is 17.0. The summed E-state index contributed by atoms with van der Waals surface area (Å²) >= 11 is 3.46. The second-order valence-corrected chi connectivity index (χ2v) is 7.70. The number of halogens is 1. The Balaban J connectivity index is 1.75. The summed E-state index contributed by atoms with van der Waals surface area (Å²) in [5.74, 6) is -0.260. The summed E-state index contributed by atoms with van der Waals surface area (Å²) in [7, 11) is 0. The van der Waals surface area contributed by atoms with Crippen LogP contribution in [0.2, 0.25) is 0 Å². The number of amides is 2. The fourth-order valence-corrected chi connectivity index (χ4v) is 3.59. The molecule has 0 spiro atoms. The predicted octanol–water partition coefficient (Wildman–Crippen LogP) is 3.56. The molecule has 3 rings (SSSR count). The largest absolute Gasteiger partial charge is 0.340 e. The first-order valence-corrected chi connectivity index (χ1v) is 9.51. The Hall–Kier alpha value is -2.21.